The molecule has 1 aromatic rings. The van der Waals surface area contributed by atoms with Crippen molar-refractivity contribution in [1.82, 2.24) is 14.9 Å². The highest BCUT2D eigenvalue weighted by atomic mass is 16.2. The lowest BCUT2D eigenvalue weighted by atomic mass is 9.85. The fourth-order valence-corrected chi connectivity index (χ4v) is 2.62. The monoisotopic (exact) mass is 244 g/mol. The van der Waals surface area contributed by atoms with E-state index < -0.39 is 5.41 Å². The predicted molar refractivity (Wildman–Crippen MR) is 63.7 cm³/mol. The number of fused-ring (bicyclic) bond motifs is 2. The zero-order chi connectivity index (χ0) is 12.8. The standard InChI is InChI=1S/C12H12N4O2/c1-2-8(17)16-6-3-12(7-16)9-10(15-11(12)18)14-5-4-13-9/h2,4-5H,1,3,6-7H2,(H,14,15,18). The molecule has 1 fully saturated rings. The Bertz CT molecular complexity index is 557. The summed E-state index contributed by atoms with van der Waals surface area (Å²) in [5.41, 5.74) is -0.0863. The lowest BCUT2D eigenvalue weighted by molar-refractivity contribution is -0.125. The number of carbonyl (C=O) groups is 2. The van der Waals surface area contributed by atoms with Crippen LogP contribution < -0.4 is 5.32 Å². The summed E-state index contributed by atoms with van der Waals surface area (Å²) in [6, 6.07) is 0. The summed E-state index contributed by atoms with van der Waals surface area (Å²) in [5.74, 6) is 0.232. The minimum absolute atomic E-state index is 0.122. The van der Waals surface area contributed by atoms with Gasteiger partial charge in [0, 0.05) is 25.5 Å². The fourth-order valence-electron chi connectivity index (χ4n) is 2.62. The van der Waals surface area contributed by atoms with Crippen LogP contribution in [0.3, 0.4) is 0 Å². The molecule has 0 aliphatic carbocycles. The van der Waals surface area contributed by atoms with Gasteiger partial charge in [0.25, 0.3) is 0 Å². The van der Waals surface area contributed by atoms with Crippen molar-refractivity contribution in [3.8, 4) is 0 Å². The van der Waals surface area contributed by atoms with E-state index in [0.717, 1.165) is 0 Å². The van der Waals surface area contributed by atoms with E-state index in [1.807, 2.05) is 0 Å². The first-order valence-corrected chi connectivity index (χ1v) is 5.72. The highest BCUT2D eigenvalue weighted by molar-refractivity contribution is 6.05. The molecule has 1 N–H and O–H groups in total. The van der Waals surface area contributed by atoms with Crippen LogP contribution in [0.2, 0.25) is 0 Å². The number of rotatable bonds is 1. The van der Waals surface area contributed by atoms with Crippen LogP contribution in [0.4, 0.5) is 5.82 Å². The van der Waals surface area contributed by atoms with E-state index in [-0.39, 0.29) is 11.8 Å². The third-order valence-electron chi connectivity index (χ3n) is 3.57. The molecule has 6 nitrogen and oxygen atoms in total. The van der Waals surface area contributed by atoms with E-state index in [1.54, 1.807) is 17.3 Å². The Labute approximate surface area is 104 Å². The first-order valence-electron chi connectivity index (χ1n) is 5.72. The highest BCUT2D eigenvalue weighted by Gasteiger charge is 2.53. The fraction of sp³-hybridized carbons (Fsp3) is 0.333. The average Bonchev–Trinajstić information content (AvgIpc) is 2.94. The minimum Gasteiger partial charge on any atom is -0.338 e. The van der Waals surface area contributed by atoms with Gasteiger partial charge in [-0.05, 0) is 12.5 Å². The molecule has 92 valence electrons. The van der Waals surface area contributed by atoms with Crippen molar-refractivity contribution in [2.75, 3.05) is 18.4 Å². The molecule has 1 spiro atoms. The van der Waals surface area contributed by atoms with Gasteiger partial charge in [0.15, 0.2) is 5.82 Å². The molecule has 2 amide bonds. The Morgan fingerprint density at radius 1 is 1.50 bits per heavy atom. The highest BCUT2D eigenvalue weighted by Crippen LogP contribution is 2.41. The predicted octanol–water partition coefficient (Wildman–Crippen LogP) is 0.0848. The second kappa shape index (κ2) is 3.63. The quantitative estimate of drug-likeness (QED) is 0.710. The molecule has 1 unspecified atom stereocenters. The van der Waals surface area contributed by atoms with Gasteiger partial charge in [-0.3, -0.25) is 14.6 Å². The zero-order valence-electron chi connectivity index (χ0n) is 9.72. The van der Waals surface area contributed by atoms with Gasteiger partial charge in [-0.2, -0.15) is 0 Å². The molecule has 3 heterocycles. The normalized spacial score (nSPS) is 25.1. The summed E-state index contributed by atoms with van der Waals surface area (Å²) in [7, 11) is 0. The van der Waals surface area contributed by atoms with E-state index in [0.29, 0.717) is 31.0 Å². The lowest BCUT2D eigenvalue weighted by Crippen LogP contribution is -2.39. The molecule has 18 heavy (non-hydrogen) atoms. The molecule has 0 radical (unpaired) electrons. The van der Waals surface area contributed by atoms with E-state index in [2.05, 4.69) is 21.9 Å². The largest absolute Gasteiger partial charge is 0.338 e. The number of nitrogens with zero attached hydrogens (tertiary/aromatic N) is 3. The molecule has 0 saturated carbocycles. The van der Waals surface area contributed by atoms with Crippen molar-refractivity contribution < 1.29 is 9.59 Å². The van der Waals surface area contributed by atoms with Crippen LogP contribution in [-0.2, 0) is 15.0 Å². The molecule has 6 heteroatoms. The maximum absolute atomic E-state index is 12.2. The van der Waals surface area contributed by atoms with E-state index in [4.69, 9.17) is 0 Å². The number of hydrogen-bond acceptors (Lipinski definition) is 4. The van der Waals surface area contributed by atoms with Gasteiger partial charge in [-0.1, -0.05) is 6.58 Å². The summed E-state index contributed by atoms with van der Waals surface area (Å²) in [4.78, 5) is 33.7. The molecule has 0 aromatic carbocycles. The van der Waals surface area contributed by atoms with Crippen LogP contribution in [0.5, 0.6) is 0 Å². The van der Waals surface area contributed by atoms with Crippen LogP contribution in [0, 0.1) is 0 Å². The first-order chi connectivity index (χ1) is 8.67. The van der Waals surface area contributed by atoms with Crippen molar-refractivity contribution in [2.24, 2.45) is 0 Å². The van der Waals surface area contributed by atoms with Crippen LogP contribution in [0.25, 0.3) is 0 Å². The number of aromatic nitrogens is 2. The molecule has 2 aliphatic rings. The molecule has 1 saturated heterocycles. The van der Waals surface area contributed by atoms with Crippen LogP contribution in [0.1, 0.15) is 12.1 Å². The van der Waals surface area contributed by atoms with Gasteiger partial charge in [0.05, 0.1) is 0 Å². The molecule has 0 bridgehead atoms. The van der Waals surface area contributed by atoms with Crippen molar-refractivity contribution in [3.63, 3.8) is 0 Å². The van der Waals surface area contributed by atoms with Crippen LogP contribution >= 0.6 is 0 Å². The van der Waals surface area contributed by atoms with Crippen molar-refractivity contribution in [2.45, 2.75) is 11.8 Å². The zero-order valence-corrected chi connectivity index (χ0v) is 9.72. The first kappa shape index (κ1) is 10.9. The van der Waals surface area contributed by atoms with Gasteiger partial charge in [-0.25, -0.2) is 4.98 Å². The second-order valence-electron chi connectivity index (χ2n) is 4.50. The Morgan fingerprint density at radius 3 is 3.06 bits per heavy atom. The van der Waals surface area contributed by atoms with E-state index >= 15 is 0 Å². The van der Waals surface area contributed by atoms with E-state index in [1.165, 1.54) is 6.08 Å². The summed E-state index contributed by atoms with van der Waals surface area (Å²) < 4.78 is 0. The molecule has 1 aromatic heterocycles. The minimum atomic E-state index is -0.734. The maximum atomic E-state index is 12.2. The third-order valence-corrected chi connectivity index (χ3v) is 3.57. The number of carbonyl (C=O) groups excluding carboxylic acids is 2. The summed E-state index contributed by atoms with van der Waals surface area (Å²) in [6.45, 7) is 4.34. The Hall–Kier alpha value is -2.24. The van der Waals surface area contributed by atoms with Gasteiger partial charge in [-0.15, -0.1) is 0 Å². The number of anilines is 1. The molecule has 3 rings (SSSR count). The molecular weight excluding hydrogens is 232 g/mol. The van der Waals surface area contributed by atoms with Gasteiger partial charge >= 0.3 is 0 Å². The number of hydrogen-bond donors (Lipinski definition) is 1. The summed E-state index contributed by atoms with van der Waals surface area (Å²) in [6.07, 6.45) is 4.95. The Kier molecular flexibility index (Phi) is 2.19. The second-order valence-corrected chi connectivity index (χ2v) is 4.50. The molecule has 2 aliphatic heterocycles. The number of likely N-dealkylation sites (tertiary alicyclic amines) is 1. The van der Waals surface area contributed by atoms with Gasteiger partial charge < -0.3 is 10.2 Å². The van der Waals surface area contributed by atoms with Crippen LogP contribution in [0.15, 0.2) is 25.0 Å². The maximum Gasteiger partial charge on any atom is 0.245 e. The molecule has 1 atom stereocenters. The number of amides is 2. The van der Waals surface area contributed by atoms with Crippen molar-refractivity contribution in [3.05, 3.63) is 30.7 Å². The number of nitrogens with one attached hydrogen (secondary N) is 1. The van der Waals surface area contributed by atoms with Crippen molar-refractivity contribution in [1.29, 1.82) is 0 Å². The van der Waals surface area contributed by atoms with Crippen LogP contribution in [-0.4, -0.2) is 39.8 Å². The Balaban J connectivity index is 2.00. The molecular formula is C12H12N4O2. The SMILES string of the molecule is C=CC(=O)N1CCC2(C1)C(=O)Nc1nccnc12. The van der Waals surface area contributed by atoms with Gasteiger partial charge in [0.2, 0.25) is 11.8 Å². The Morgan fingerprint density at radius 2 is 2.28 bits per heavy atom. The summed E-state index contributed by atoms with van der Waals surface area (Å²) >= 11 is 0. The summed E-state index contributed by atoms with van der Waals surface area (Å²) in [5, 5.41) is 2.73. The van der Waals surface area contributed by atoms with E-state index in [9.17, 15) is 9.59 Å². The average molecular weight is 244 g/mol. The van der Waals surface area contributed by atoms with Gasteiger partial charge in [0.1, 0.15) is 11.1 Å². The third kappa shape index (κ3) is 1.28. The smallest absolute Gasteiger partial charge is 0.245 e. The lowest BCUT2D eigenvalue weighted by Gasteiger charge is -2.20. The topological polar surface area (TPSA) is 75.2 Å². The van der Waals surface area contributed by atoms with Crippen molar-refractivity contribution >= 4 is 17.6 Å².